The monoisotopic (exact) mass is 385 g/mol. The number of benzene rings is 1. The van der Waals surface area contributed by atoms with Crippen LogP contribution in [0, 0.1) is 31.0 Å². The summed E-state index contributed by atoms with van der Waals surface area (Å²) in [5, 5.41) is 11.6. The highest BCUT2D eigenvalue weighted by Gasteiger charge is 2.19. The van der Waals surface area contributed by atoms with Crippen molar-refractivity contribution in [3.05, 3.63) is 62.8 Å². The normalized spacial score (nSPS) is 11.4. The molecule has 7 nitrogen and oxygen atoms in total. The fourth-order valence-corrected chi connectivity index (χ4v) is 2.73. The van der Waals surface area contributed by atoms with Gasteiger partial charge in [0.15, 0.2) is 6.10 Å². The van der Waals surface area contributed by atoms with Gasteiger partial charge in [0.05, 0.1) is 0 Å². The number of H-pyrrole nitrogens is 1. The van der Waals surface area contributed by atoms with Crippen LogP contribution >= 0.6 is 0 Å². The molecule has 2 aromatic rings. The number of ether oxygens (including phenoxy) is 1. The van der Waals surface area contributed by atoms with Crippen molar-refractivity contribution < 1.29 is 18.7 Å². The molecule has 0 aliphatic carbocycles. The second-order valence-electron chi connectivity index (χ2n) is 6.30. The summed E-state index contributed by atoms with van der Waals surface area (Å²) in [5.41, 5.74) is 1.74. The zero-order valence-electron chi connectivity index (χ0n) is 15.8. The minimum Gasteiger partial charge on any atom is -0.453 e. The van der Waals surface area contributed by atoms with Crippen LogP contribution in [0.3, 0.4) is 0 Å². The summed E-state index contributed by atoms with van der Waals surface area (Å²) in [5.74, 6) is -1.56. The lowest BCUT2D eigenvalue weighted by atomic mass is 9.99. The maximum absolute atomic E-state index is 12.9. The van der Waals surface area contributed by atoms with E-state index in [0.717, 1.165) is 0 Å². The summed E-state index contributed by atoms with van der Waals surface area (Å²) in [6.45, 7) is 4.77. The lowest BCUT2D eigenvalue weighted by molar-refractivity contribution is -0.153. The topological polar surface area (TPSA) is 112 Å². The third-order valence-corrected chi connectivity index (χ3v) is 4.29. The highest BCUT2D eigenvalue weighted by molar-refractivity contribution is 5.95. The Labute approximate surface area is 161 Å². The van der Waals surface area contributed by atoms with Gasteiger partial charge in [-0.3, -0.25) is 14.4 Å². The molecule has 0 radical (unpaired) electrons. The second-order valence-corrected chi connectivity index (χ2v) is 6.30. The molecule has 0 spiro atoms. The summed E-state index contributed by atoms with van der Waals surface area (Å²) >= 11 is 0. The van der Waals surface area contributed by atoms with Crippen molar-refractivity contribution in [1.29, 1.82) is 5.26 Å². The Morgan fingerprint density at radius 1 is 1.29 bits per heavy atom. The van der Waals surface area contributed by atoms with Crippen LogP contribution in [0.15, 0.2) is 29.1 Å². The minimum atomic E-state index is -1.04. The summed E-state index contributed by atoms with van der Waals surface area (Å²) in [6.07, 6.45) is -0.800. The molecule has 0 saturated heterocycles. The van der Waals surface area contributed by atoms with Crippen molar-refractivity contribution in [1.82, 2.24) is 4.98 Å². The molecule has 1 aromatic heterocycles. The zero-order chi connectivity index (χ0) is 20.8. The Balaban J connectivity index is 1.95. The van der Waals surface area contributed by atoms with E-state index >= 15 is 0 Å². The van der Waals surface area contributed by atoms with Gasteiger partial charge in [-0.1, -0.05) is 0 Å². The Hall–Kier alpha value is -3.47. The van der Waals surface area contributed by atoms with E-state index in [1.54, 1.807) is 13.8 Å². The largest absolute Gasteiger partial charge is 0.453 e. The van der Waals surface area contributed by atoms with Crippen molar-refractivity contribution in [3.63, 3.8) is 0 Å². The number of aryl methyl sites for hydroxylation is 1. The molecule has 8 heteroatoms. The fourth-order valence-electron chi connectivity index (χ4n) is 2.73. The number of nitrogens with one attached hydrogen (secondary N) is 2. The minimum absolute atomic E-state index is 0.0148. The molecule has 0 aliphatic heterocycles. The number of nitriles is 1. The van der Waals surface area contributed by atoms with Gasteiger partial charge in [0.2, 0.25) is 0 Å². The van der Waals surface area contributed by atoms with Crippen LogP contribution in [0.25, 0.3) is 0 Å². The molecular formula is C20H20FN3O4. The summed E-state index contributed by atoms with van der Waals surface area (Å²) in [7, 11) is 0. The maximum Gasteiger partial charge on any atom is 0.306 e. The van der Waals surface area contributed by atoms with Crippen LogP contribution < -0.4 is 10.9 Å². The predicted molar refractivity (Wildman–Crippen MR) is 100 cm³/mol. The number of esters is 1. The highest BCUT2D eigenvalue weighted by atomic mass is 19.1. The third-order valence-electron chi connectivity index (χ3n) is 4.29. The SMILES string of the molecule is Cc1[nH]c(=O)c(C#N)c(C)c1CCC(=O)O[C@@H](C)C(=O)Nc1ccc(F)cc1. The fraction of sp³-hybridized carbons (Fsp3) is 0.300. The number of carbonyl (C=O) groups is 2. The maximum atomic E-state index is 12.9. The van der Waals surface area contributed by atoms with Crippen molar-refractivity contribution in [2.75, 3.05) is 5.32 Å². The average Bonchev–Trinajstić information content (AvgIpc) is 2.63. The summed E-state index contributed by atoms with van der Waals surface area (Å²) in [4.78, 5) is 38.5. The smallest absolute Gasteiger partial charge is 0.306 e. The lowest BCUT2D eigenvalue weighted by Crippen LogP contribution is -2.30. The predicted octanol–water partition coefficient (Wildman–Crippen LogP) is 2.51. The van der Waals surface area contributed by atoms with Crippen molar-refractivity contribution >= 4 is 17.6 Å². The van der Waals surface area contributed by atoms with Crippen molar-refractivity contribution in [2.24, 2.45) is 0 Å². The van der Waals surface area contributed by atoms with Gasteiger partial charge < -0.3 is 15.0 Å². The van der Waals surface area contributed by atoms with E-state index in [1.807, 2.05) is 6.07 Å². The molecule has 0 aliphatic rings. The molecule has 2 rings (SSSR count). The van der Waals surface area contributed by atoms with Gasteiger partial charge in [-0.2, -0.15) is 5.26 Å². The van der Waals surface area contributed by atoms with Gasteiger partial charge in [0.25, 0.3) is 11.5 Å². The van der Waals surface area contributed by atoms with E-state index in [2.05, 4.69) is 10.3 Å². The quantitative estimate of drug-likeness (QED) is 0.742. The molecule has 0 bridgehead atoms. The van der Waals surface area contributed by atoms with Gasteiger partial charge in [0.1, 0.15) is 17.4 Å². The first-order valence-corrected chi connectivity index (χ1v) is 8.61. The molecule has 1 amide bonds. The number of carbonyl (C=O) groups excluding carboxylic acids is 2. The van der Waals surface area contributed by atoms with E-state index in [9.17, 15) is 18.8 Å². The molecule has 1 aromatic carbocycles. The Morgan fingerprint density at radius 3 is 2.54 bits per heavy atom. The van der Waals surface area contributed by atoms with E-state index in [1.165, 1.54) is 31.2 Å². The van der Waals surface area contributed by atoms with Gasteiger partial charge in [-0.25, -0.2) is 4.39 Å². The number of amides is 1. The third kappa shape index (κ3) is 5.04. The van der Waals surface area contributed by atoms with Crippen LogP contribution in [-0.4, -0.2) is 23.0 Å². The molecule has 0 unspecified atom stereocenters. The van der Waals surface area contributed by atoms with Gasteiger partial charge in [-0.15, -0.1) is 0 Å². The molecule has 2 N–H and O–H groups in total. The molecule has 146 valence electrons. The van der Waals surface area contributed by atoms with Crippen LogP contribution in [0.2, 0.25) is 0 Å². The Bertz CT molecular complexity index is 990. The zero-order valence-corrected chi connectivity index (χ0v) is 15.8. The number of rotatable bonds is 6. The number of pyridine rings is 1. The number of nitrogens with zero attached hydrogens (tertiary/aromatic N) is 1. The number of hydrogen-bond donors (Lipinski definition) is 2. The van der Waals surface area contributed by atoms with Crippen LogP contribution in [-0.2, 0) is 20.7 Å². The first kappa shape index (κ1) is 20.8. The molecule has 0 fully saturated rings. The number of aromatic amines is 1. The summed E-state index contributed by atoms with van der Waals surface area (Å²) < 4.78 is 18.0. The van der Waals surface area contributed by atoms with E-state index in [0.29, 0.717) is 22.5 Å². The number of anilines is 1. The highest BCUT2D eigenvalue weighted by Crippen LogP contribution is 2.16. The molecule has 0 saturated carbocycles. The lowest BCUT2D eigenvalue weighted by Gasteiger charge is -2.14. The first-order valence-electron chi connectivity index (χ1n) is 8.61. The number of aromatic nitrogens is 1. The molecular weight excluding hydrogens is 365 g/mol. The molecule has 28 heavy (non-hydrogen) atoms. The van der Waals surface area contributed by atoms with E-state index in [-0.39, 0.29) is 18.4 Å². The Morgan fingerprint density at radius 2 is 1.93 bits per heavy atom. The van der Waals surface area contributed by atoms with Crippen molar-refractivity contribution in [3.8, 4) is 6.07 Å². The van der Waals surface area contributed by atoms with Gasteiger partial charge in [0, 0.05) is 17.8 Å². The molecule has 1 heterocycles. The van der Waals surface area contributed by atoms with Crippen molar-refractivity contribution in [2.45, 2.75) is 39.7 Å². The first-order chi connectivity index (χ1) is 13.2. The van der Waals surface area contributed by atoms with Crippen LogP contribution in [0.1, 0.15) is 35.7 Å². The second kappa shape index (κ2) is 8.95. The molecule has 1 atom stereocenters. The standard InChI is InChI=1S/C20H20FN3O4/c1-11-16(12(2)23-20(27)17(11)10-22)8-9-18(25)28-13(3)19(26)24-15-6-4-14(21)5-7-15/h4-7,13H,8-9H2,1-3H3,(H,23,27)(H,24,26)/t13-/m0/s1. The van der Waals surface area contributed by atoms with Gasteiger partial charge >= 0.3 is 5.97 Å². The van der Waals surface area contributed by atoms with E-state index in [4.69, 9.17) is 10.00 Å². The number of hydrogen-bond acceptors (Lipinski definition) is 5. The van der Waals surface area contributed by atoms with Crippen LogP contribution in [0.5, 0.6) is 0 Å². The average molecular weight is 385 g/mol. The number of halogens is 1. The van der Waals surface area contributed by atoms with E-state index < -0.39 is 29.4 Å². The van der Waals surface area contributed by atoms with Gasteiger partial charge in [-0.05, 0) is 62.6 Å². The van der Waals surface area contributed by atoms with Crippen LogP contribution in [0.4, 0.5) is 10.1 Å². The Kier molecular flexibility index (Phi) is 6.66. The summed E-state index contributed by atoms with van der Waals surface area (Å²) in [6, 6.07) is 7.06.